The summed E-state index contributed by atoms with van der Waals surface area (Å²) in [6.45, 7) is 1.66. The molecule has 88 valence electrons. The first-order chi connectivity index (χ1) is 7.28. The summed E-state index contributed by atoms with van der Waals surface area (Å²) in [7, 11) is 0.656. The topological polar surface area (TPSA) is 72.5 Å². The van der Waals surface area contributed by atoms with Crippen LogP contribution in [0, 0.1) is 6.92 Å². The SMILES string of the molecule is Cc1cc(Cl)ccc1OC(=O)NS(=O)(=O)Cl. The van der Waals surface area contributed by atoms with Crippen molar-refractivity contribution in [1.82, 2.24) is 4.72 Å². The van der Waals surface area contributed by atoms with Gasteiger partial charge in [0.25, 0.3) is 0 Å². The molecule has 0 radical (unpaired) electrons. The molecule has 0 heterocycles. The maximum atomic E-state index is 11.0. The van der Waals surface area contributed by atoms with Crippen LogP contribution in [0.25, 0.3) is 0 Å². The first-order valence-corrected chi connectivity index (χ1v) is 6.67. The molecule has 0 aliphatic heterocycles. The van der Waals surface area contributed by atoms with Gasteiger partial charge in [-0.3, -0.25) is 0 Å². The molecular weight excluding hydrogens is 277 g/mol. The predicted octanol–water partition coefficient (Wildman–Crippen LogP) is 2.22. The molecule has 1 amide bonds. The lowest BCUT2D eigenvalue weighted by molar-refractivity contribution is 0.206. The van der Waals surface area contributed by atoms with Crippen LogP contribution >= 0.6 is 22.3 Å². The van der Waals surface area contributed by atoms with E-state index in [1.165, 1.54) is 16.9 Å². The predicted molar refractivity (Wildman–Crippen MR) is 60.1 cm³/mol. The van der Waals surface area contributed by atoms with E-state index in [-0.39, 0.29) is 5.75 Å². The van der Waals surface area contributed by atoms with E-state index in [2.05, 4.69) is 0 Å². The Labute approximate surface area is 102 Å². The monoisotopic (exact) mass is 283 g/mol. The average molecular weight is 284 g/mol. The molecule has 1 rings (SSSR count). The van der Waals surface area contributed by atoms with Crippen LogP contribution in [0.2, 0.25) is 5.02 Å². The molecule has 16 heavy (non-hydrogen) atoms. The normalized spacial score (nSPS) is 10.9. The molecule has 5 nitrogen and oxygen atoms in total. The second-order valence-electron chi connectivity index (χ2n) is 2.84. The van der Waals surface area contributed by atoms with Gasteiger partial charge >= 0.3 is 15.3 Å². The minimum Gasteiger partial charge on any atom is -0.409 e. The molecule has 0 aliphatic rings. The Bertz CT molecular complexity index is 515. The number of carbonyl (C=O) groups excluding carboxylic acids is 1. The first-order valence-electron chi connectivity index (χ1n) is 3.98. The Morgan fingerprint density at radius 3 is 2.56 bits per heavy atom. The van der Waals surface area contributed by atoms with Gasteiger partial charge in [-0.2, -0.15) is 8.42 Å². The molecule has 0 unspecified atom stereocenters. The Hall–Kier alpha value is -0.980. The van der Waals surface area contributed by atoms with Crippen molar-refractivity contribution in [3.8, 4) is 5.75 Å². The number of amides is 1. The van der Waals surface area contributed by atoms with Gasteiger partial charge in [-0.15, -0.1) is 0 Å². The maximum absolute atomic E-state index is 11.0. The van der Waals surface area contributed by atoms with E-state index >= 15 is 0 Å². The van der Waals surface area contributed by atoms with E-state index in [9.17, 15) is 13.2 Å². The number of aryl methyl sites for hydroxylation is 1. The number of benzene rings is 1. The summed E-state index contributed by atoms with van der Waals surface area (Å²) in [4.78, 5) is 11.0. The summed E-state index contributed by atoms with van der Waals surface area (Å²) < 4.78 is 27.2. The van der Waals surface area contributed by atoms with Gasteiger partial charge in [0.2, 0.25) is 0 Å². The number of ether oxygens (including phenoxy) is 1. The highest BCUT2D eigenvalue weighted by Crippen LogP contribution is 2.21. The maximum Gasteiger partial charge on any atom is 0.427 e. The third-order valence-corrected chi connectivity index (χ3v) is 2.42. The van der Waals surface area contributed by atoms with E-state index in [1.54, 1.807) is 13.0 Å². The van der Waals surface area contributed by atoms with Crippen LogP contribution < -0.4 is 9.46 Å². The summed E-state index contributed by atoms with van der Waals surface area (Å²) in [6, 6.07) is 4.52. The second-order valence-corrected chi connectivity index (χ2v) is 5.57. The van der Waals surface area contributed by atoms with Gasteiger partial charge < -0.3 is 4.74 Å². The fraction of sp³-hybridized carbons (Fsp3) is 0.125. The lowest BCUT2D eigenvalue weighted by atomic mass is 10.2. The Morgan fingerprint density at radius 1 is 1.44 bits per heavy atom. The molecule has 0 aliphatic carbocycles. The van der Waals surface area contributed by atoms with Gasteiger partial charge in [0, 0.05) is 15.7 Å². The van der Waals surface area contributed by atoms with Crippen molar-refractivity contribution >= 4 is 37.6 Å². The van der Waals surface area contributed by atoms with E-state index in [0.717, 1.165) is 0 Å². The van der Waals surface area contributed by atoms with Crippen molar-refractivity contribution in [2.45, 2.75) is 6.92 Å². The fourth-order valence-electron chi connectivity index (χ4n) is 0.948. The number of rotatable bonds is 2. The van der Waals surface area contributed by atoms with Crippen LogP contribution in [-0.2, 0) is 9.24 Å². The minimum atomic E-state index is -4.14. The standard InChI is InChI=1S/C8H7Cl2NO4S/c1-5-4-6(9)2-3-7(5)15-8(12)11-16(10,13)14/h2-4H,1H3,(H,11,12). The van der Waals surface area contributed by atoms with E-state index in [4.69, 9.17) is 27.0 Å². The van der Waals surface area contributed by atoms with Crippen LogP contribution in [0.4, 0.5) is 4.79 Å². The van der Waals surface area contributed by atoms with Gasteiger partial charge in [0.15, 0.2) is 0 Å². The van der Waals surface area contributed by atoms with Crippen LogP contribution in [-0.4, -0.2) is 14.5 Å². The molecule has 0 spiro atoms. The number of nitrogens with one attached hydrogen (secondary N) is 1. The molecule has 0 aromatic heterocycles. The third-order valence-electron chi connectivity index (χ3n) is 1.54. The zero-order chi connectivity index (χ0) is 12.3. The summed E-state index contributed by atoms with van der Waals surface area (Å²) in [6.07, 6.45) is -1.18. The average Bonchev–Trinajstić information content (AvgIpc) is 2.06. The molecule has 8 heteroatoms. The number of halogens is 2. The molecule has 0 saturated heterocycles. The second kappa shape index (κ2) is 4.90. The van der Waals surface area contributed by atoms with E-state index < -0.39 is 15.3 Å². The highest BCUT2D eigenvalue weighted by molar-refractivity contribution is 8.12. The molecular formula is C8H7Cl2NO4S. The third kappa shape index (κ3) is 4.26. The summed E-state index contributed by atoms with van der Waals surface area (Å²) in [5, 5.41) is 0.482. The van der Waals surface area contributed by atoms with Crippen molar-refractivity contribution < 1.29 is 17.9 Å². The van der Waals surface area contributed by atoms with Gasteiger partial charge in [-0.1, -0.05) is 11.6 Å². The molecule has 1 aromatic carbocycles. The van der Waals surface area contributed by atoms with Gasteiger partial charge in [-0.25, -0.2) is 9.52 Å². The lowest BCUT2D eigenvalue weighted by Gasteiger charge is -2.06. The van der Waals surface area contributed by atoms with Crippen molar-refractivity contribution in [3.05, 3.63) is 28.8 Å². The largest absolute Gasteiger partial charge is 0.427 e. The van der Waals surface area contributed by atoms with Crippen LogP contribution in [0.5, 0.6) is 5.75 Å². The molecule has 0 bridgehead atoms. The van der Waals surface area contributed by atoms with Gasteiger partial charge in [0.05, 0.1) is 0 Å². The molecule has 0 saturated carbocycles. The number of hydrogen-bond donors (Lipinski definition) is 1. The highest BCUT2D eigenvalue weighted by atomic mass is 35.7. The summed E-state index contributed by atoms with van der Waals surface area (Å²) >= 11 is 5.69. The Balaban J connectivity index is 2.78. The Morgan fingerprint density at radius 2 is 2.06 bits per heavy atom. The number of hydrogen-bond acceptors (Lipinski definition) is 4. The van der Waals surface area contributed by atoms with E-state index in [0.29, 0.717) is 10.6 Å². The summed E-state index contributed by atoms with van der Waals surface area (Å²) in [5.74, 6) is 0.196. The van der Waals surface area contributed by atoms with Crippen molar-refractivity contribution in [2.75, 3.05) is 0 Å². The molecule has 0 atom stereocenters. The Kier molecular flexibility index (Phi) is 4.01. The fourth-order valence-corrected chi connectivity index (χ4v) is 1.60. The number of carbonyl (C=O) groups is 1. The molecule has 1 N–H and O–H groups in total. The zero-order valence-corrected chi connectivity index (χ0v) is 10.4. The quantitative estimate of drug-likeness (QED) is 0.845. The smallest absolute Gasteiger partial charge is 0.409 e. The first kappa shape index (κ1) is 13.1. The van der Waals surface area contributed by atoms with Gasteiger partial charge in [0.1, 0.15) is 5.75 Å². The molecule has 1 aromatic rings. The van der Waals surface area contributed by atoms with Crippen molar-refractivity contribution in [3.63, 3.8) is 0 Å². The van der Waals surface area contributed by atoms with Crippen LogP contribution in [0.15, 0.2) is 18.2 Å². The lowest BCUT2D eigenvalue weighted by Crippen LogP contribution is -2.29. The van der Waals surface area contributed by atoms with E-state index in [1.807, 2.05) is 0 Å². The van der Waals surface area contributed by atoms with Crippen LogP contribution in [0.1, 0.15) is 5.56 Å². The van der Waals surface area contributed by atoms with Crippen LogP contribution in [0.3, 0.4) is 0 Å². The van der Waals surface area contributed by atoms with Crippen molar-refractivity contribution in [1.29, 1.82) is 0 Å². The minimum absolute atomic E-state index is 0.196. The summed E-state index contributed by atoms with van der Waals surface area (Å²) in [5.41, 5.74) is 0.592. The highest BCUT2D eigenvalue weighted by Gasteiger charge is 2.13. The van der Waals surface area contributed by atoms with Gasteiger partial charge in [-0.05, 0) is 30.7 Å². The van der Waals surface area contributed by atoms with Crippen molar-refractivity contribution in [2.24, 2.45) is 0 Å². The molecule has 0 fully saturated rings. The zero-order valence-electron chi connectivity index (χ0n) is 8.03.